The SMILES string of the molecule is CCC1CCCCN1C(=O)C1CCN(C(=O)COc2ccccc2OC)CC1. The van der Waals surface area contributed by atoms with E-state index >= 15 is 0 Å². The van der Waals surface area contributed by atoms with Gasteiger partial charge in [0, 0.05) is 31.6 Å². The van der Waals surface area contributed by atoms with Gasteiger partial charge in [0.1, 0.15) is 0 Å². The molecule has 0 N–H and O–H groups in total. The van der Waals surface area contributed by atoms with Gasteiger partial charge in [-0.3, -0.25) is 9.59 Å². The normalized spacial score (nSPS) is 20.7. The number of para-hydroxylation sites is 2. The highest BCUT2D eigenvalue weighted by Gasteiger charge is 2.33. The van der Waals surface area contributed by atoms with Gasteiger partial charge in [-0.1, -0.05) is 19.1 Å². The van der Waals surface area contributed by atoms with Gasteiger partial charge >= 0.3 is 0 Å². The summed E-state index contributed by atoms with van der Waals surface area (Å²) >= 11 is 0. The summed E-state index contributed by atoms with van der Waals surface area (Å²) in [7, 11) is 1.58. The molecule has 0 radical (unpaired) electrons. The molecule has 3 rings (SSSR count). The third kappa shape index (κ3) is 4.78. The number of carbonyl (C=O) groups excluding carboxylic acids is 2. The van der Waals surface area contributed by atoms with Crippen LogP contribution in [0.4, 0.5) is 0 Å². The predicted molar refractivity (Wildman–Crippen MR) is 107 cm³/mol. The van der Waals surface area contributed by atoms with Gasteiger partial charge in [-0.05, 0) is 50.7 Å². The lowest BCUT2D eigenvalue weighted by Gasteiger charge is -2.39. The molecule has 1 aromatic rings. The summed E-state index contributed by atoms with van der Waals surface area (Å²) in [6.45, 7) is 4.29. The largest absolute Gasteiger partial charge is 0.493 e. The average Bonchev–Trinajstić information content (AvgIpc) is 2.77. The smallest absolute Gasteiger partial charge is 0.260 e. The Balaban J connectivity index is 1.48. The van der Waals surface area contributed by atoms with Gasteiger partial charge in [-0.25, -0.2) is 0 Å². The first-order valence-electron chi connectivity index (χ1n) is 10.5. The first kappa shape index (κ1) is 20.5. The van der Waals surface area contributed by atoms with Crippen molar-refractivity contribution in [3.63, 3.8) is 0 Å². The molecular formula is C22H32N2O4. The lowest BCUT2D eigenvalue weighted by molar-refractivity contribution is -0.144. The Bertz CT molecular complexity index is 670. The standard InChI is InChI=1S/C22H32N2O4/c1-3-18-8-6-7-13-24(18)22(26)17-11-14-23(15-12-17)21(25)16-28-20-10-5-4-9-19(20)27-2/h4-5,9-10,17-18H,3,6-8,11-16H2,1-2H3. The van der Waals surface area contributed by atoms with Crippen molar-refractivity contribution >= 4 is 11.8 Å². The third-order valence-electron chi connectivity index (χ3n) is 6.00. The van der Waals surface area contributed by atoms with Gasteiger partial charge in [0.2, 0.25) is 5.91 Å². The van der Waals surface area contributed by atoms with Crippen LogP contribution in [0.15, 0.2) is 24.3 Å². The second-order valence-electron chi connectivity index (χ2n) is 7.68. The van der Waals surface area contributed by atoms with Crippen molar-refractivity contribution in [2.45, 2.75) is 51.5 Å². The molecule has 0 aromatic heterocycles. The average molecular weight is 389 g/mol. The van der Waals surface area contributed by atoms with Crippen LogP contribution < -0.4 is 9.47 Å². The fourth-order valence-corrected chi connectivity index (χ4v) is 4.29. The number of amides is 2. The van der Waals surface area contributed by atoms with Crippen molar-refractivity contribution in [2.75, 3.05) is 33.4 Å². The van der Waals surface area contributed by atoms with Crippen LogP contribution in [-0.4, -0.2) is 61.0 Å². The number of benzene rings is 1. The van der Waals surface area contributed by atoms with E-state index in [0.717, 1.165) is 38.6 Å². The number of methoxy groups -OCH3 is 1. The molecule has 0 aliphatic carbocycles. The van der Waals surface area contributed by atoms with Crippen molar-refractivity contribution in [1.82, 2.24) is 9.80 Å². The van der Waals surface area contributed by atoms with Crippen LogP contribution in [-0.2, 0) is 9.59 Å². The molecule has 2 heterocycles. The first-order valence-corrected chi connectivity index (χ1v) is 10.5. The molecule has 1 atom stereocenters. The fraction of sp³-hybridized carbons (Fsp3) is 0.636. The maximum absolute atomic E-state index is 13.0. The van der Waals surface area contributed by atoms with Crippen molar-refractivity contribution in [3.8, 4) is 11.5 Å². The fourth-order valence-electron chi connectivity index (χ4n) is 4.29. The van der Waals surface area contributed by atoms with Gasteiger partial charge in [0.05, 0.1) is 7.11 Å². The Morgan fingerprint density at radius 3 is 2.43 bits per heavy atom. The summed E-state index contributed by atoms with van der Waals surface area (Å²) in [6.07, 6.45) is 5.98. The van der Waals surface area contributed by atoms with E-state index in [1.54, 1.807) is 19.2 Å². The Morgan fingerprint density at radius 2 is 1.75 bits per heavy atom. The van der Waals surface area contributed by atoms with Crippen LogP contribution in [0.25, 0.3) is 0 Å². The zero-order valence-electron chi connectivity index (χ0n) is 17.1. The molecular weight excluding hydrogens is 356 g/mol. The molecule has 2 saturated heterocycles. The summed E-state index contributed by atoms with van der Waals surface area (Å²) < 4.78 is 10.9. The summed E-state index contributed by atoms with van der Waals surface area (Å²) in [4.78, 5) is 29.4. The molecule has 0 bridgehead atoms. The summed E-state index contributed by atoms with van der Waals surface area (Å²) in [5.74, 6) is 1.49. The zero-order valence-corrected chi connectivity index (χ0v) is 17.1. The topological polar surface area (TPSA) is 59.1 Å². The molecule has 2 amide bonds. The lowest BCUT2D eigenvalue weighted by atomic mass is 9.92. The second kappa shape index (κ2) is 9.80. The minimum Gasteiger partial charge on any atom is -0.493 e. The molecule has 154 valence electrons. The maximum atomic E-state index is 13.0. The quantitative estimate of drug-likeness (QED) is 0.751. The van der Waals surface area contributed by atoms with E-state index in [1.807, 2.05) is 17.0 Å². The van der Waals surface area contributed by atoms with Crippen LogP contribution in [0.5, 0.6) is 11.5 Å². The van der Waals surface area contributed by atoms with Gasteiger partial charge in [-0.2, -0.15) is 0 Å². The number of piperidine rings is 2. The van der Waals surface area contributed by atoms with Crippen LogP contribution in [0.3, 0.4) is 0 Å². The second-order valence-corrected chi connectivity index (χ2v) is 7.68. The first-order chi connectivity index (χ1) is 13.6. The Labute approximate surface area is 167 Å². The maximum Gasteiger partial charge on any atom is 0.260 e. The number of nitrogens with zero attached hydrogens (tertiary/aromatic N) is 2. The van der Waals surface area contributed by atoms with E-state index in [4.69, 9.17) is 9.47 Å². The third-order valence-corrected chi connectivity index (χ3v) is 6.00. The molecule has 2 fully saturated rings. The van der Waals surface area contributed by atoms with Crippen molar-refractivity contribution in [1.29, 1.82) is 0 Å². The lowest BCUT2D eigenvalue weighted by Crippen LogP contribution is -2.49. The zero-order chi connectivity index (χ0) is 19.9. The summed E-state index contributed by atoms with van der Waals surface area (Å²) in [6, 6.07) is 7.71. The van der Waals surface area contributed by atoms with Crippen LogP contribution in [0.2, 0.25) is 0 Å². The van der Waals surface area contributed by atoms with Gasteiger partial charge in [0.25, 0.3) is 5.91 Å². The van der Waals surface area contributed by atoms with Crippen LogP contribution >= 0.6 is 0 Å². The van der Waals surface area contributed by atoms with E-state index in [9.17, 15) is 9.59 Å². The van der Waals surface area contributed by atoms with Gasteiger partial charge in [0.15, 0.2) is 18.1 Å². The molecule has 1 unspecified atom stereocenters. The molecule has 2 aliphatic heterocycles. The van der Waals surface area contributed by atoms with Crippen molar-refractivity contribution in [3.05, 3.63) is 24.3 Å². The van der Waals surface area contributed by atoms with Crippen molar-refractivity contribution in [2.24, 2.45) is 5.92 Å². The molecule has 6 nitrogen and oxygen atoms in total. The molecule has 0 saturated carbocycles. The molecule has 1 aromatic carbocycles. The highest BCUT2D eigenvalue weighted by atomic mass is 16.5. The van der Waals surface area contributed by atoms with E-state index in [1.165, 1.54) is 6.42 Å². The number of rotatable bonds is 6. The minimum absolute atomic E-state index is 0.0109. The highest BCUT2D eigenvalue weighted by molar-refractivity contribution is 5.81. The predicted octanol–water partition coefficient (Wildman–Crippen LogP) is 3.10. The highest BCUT2D eigenvalue weighted by Crippen LogP contribution is 2.27. The van der Waals surface area contributed by atoms with E-state index in [-0.39, 0.29) is 18.4 Å². The Kier molecular flexibility index (Phi) is 7.18. The summed E-state index contributed by atoms with van der Waals surface area (Å²) in [5, 5.41) is 0. The summed E-state index contributed by atoms with van der Waals surface area (Å²) in [5.41, 5.74) is 0. The van der Waals surface area contributed by atoms with Crippen molar-refractivity contribution < 1.29 is 19.1 Å². The molecule has 6 heteroatoms. The molecule has 2 aliphatic rings. The molecule has 0 spiro atoms. The van der Waals surface area contributed by atoms with Crippen LogP contribution in [0, 0.1) is 5.92 Å². The van der Waals surface area contributed by atoms with E-state index in [2.05, 4.69) is 11.8 Å². The number of likely N-dealkylation sites (tertiary alicyclic amines) is 2. The molecule has 28 heavy (non-hydrogen) atoms. The Morgan fingerprint density at radius 1 is 1.04 bits per heavy atom. The monoisotopic (exact) mass is 388 g/mol. The van der Waals surface area contributed by atoms with Gasteiger partial charge in [-0.15, -0.1) is 0 Å². The van der Waals surface area contributed by atoms with E-state index in [0.29, 0.717) is 36.5 Å². The Hall–Kier alpha value is -2.24. The number of ether oxygens (including phenoxy) is 2. The minimum atomic E-state index is -0.0405. The number of hydrogen-bond acceptors (Lipinski definition) is 4. The van der Waals surface area contributed by atoms with Gasteiger partial charge < -0.3 is 19.3 Å². The van der Waals surface area contributed by atoms with Crippen LogP contribution in [0.1, 0.15) is 45.4 Å². The number of carbonyl (C=O) groups is 2. The van der Waals surface area contributed by atoms with E-state index < -0.39 is 0 Å². The number of hydrogen-bond donors (Lipinski definition) is 0.